The van der Waals surface area contributed by atoms with Gasteiger partial charge in [0.2, 0.25) is 0 Å². The van der Waals surface area contributed by atoms with Crippen molar-refractivity contribution in [3.05, 3.63) is 30.3 Å². The molecule has 100 valence electrons. The number of rotatable bonds is 7. The van der Waals surface area contributed by atoms with E-state index in [0.717, 1.165) is 45.1 Å². The van der Waals surface area contributed by atoms with Crippen molar-refractivity contribution in [1.82, 2.24) is 10.2 Å². The number of ether oxygens (including phenoxy) is 2. The predicted molar refractivity (Wildman–Crippen MR) is 72.1 cm³/mol. The van der Waals surface area contributed by atoms with Crippen molar-refractivity contribution < 1.29 is 9.47 Å². The van der Waals surface area contributed by atoms with E-state index in [9.17, 15) is 0 Å². The molecule has 0 radical (unpaired) electrons. The number of nitrogens with one attached hydrogen (secondary N) is 1. The summed E-state index contributed by atoms with van der Waals surface area (Å²) < 4.78 is 11.1. The van der Waals surface area contributed by atoms with Gasteiger partial charge in [0, 0.05) is 32.7 Å². The van der Waals surface area contributed by atoms with E-state index < -0.39 is 0 Å². The Kier molecular flexibility index (Phi) is 5.99. The van der Waals surface area contributed by atoms with E-state index in [1.165, 1.54) is 0 Å². The van der Waals surface area contributed by atoms with Crippen LogP contribution in [-0.4, -0.2) is 57.4 Å². The van der Waals surface area contributed by atoms with E-state index in [0.29, 0.717) is 13.2 Å². The fourth-order valence-corrected chi connectivity index (χ4v) is 1.97. The molecule has 0 amide bonds. The summed E-state index contributed by atoms with van der Waals surface area (Å²) >= 11 is 0. The summed E-state index contributed by atoms with van der Waals surface area (Å²) in [5.41, 5.74) is 0. The molecule has 4 nitrogen and oxygen atoms in total. The van der Waals surface area contributed by atoms with Crippen LogP contribution in [0.5, 0.6) is 5.75 Å². The lowest BCUT2D eigenvalue weighted by Crippen LogP contribution is -2.44. The number of nitrogens with zero attached hydrogens (tertiary/aromatic N) is 1. The van der Waals surface area contributed by atoms with Gasteiger partial charge in [0.25, 0.3) is 0 Å². The van der Waals surface area contributed by atoms with Crippen LogP contribution in [0.1, 0.15) is 0 Å². The van der Waals surface area contributed by atoms with Crippen molar-refractivity contribution >= 4 is 0 Å². The third-order valence-corrected chi connectivity index (χ3v) is 3.00. The molecule has 1 aromatic rings. The molecule has 1 aliphatic rings. The Morgan fingerprint density at radius 3 is 2.56 bits per heavy atom. The van der Waals surface area contributed by atoms with Crippen LogP contribution in [0.3, 0.4) is 0 Å². The monoisotopic (exact) mass is 250 g/mol. The minimum Gasteiger partial charge on any atom is -0.491 e. The second-order valence-corrected chi connectivity index (χ2v) is 4.37. The molecular formula is C14H22N2O2. The summed E-state index contributed by atoms with van der Waals surface area (Å²) in [7, 11) is 0. The van der Waals surface area contributed by atoms with Crippen molar-refractivity contribution in [2.45, 2.75) is 0 Å². The minimum absolute atomic E-state index is 0.617. The van der Waals surface area contributed by atoms with Crippen LogP contribution in [0.25, 0.3) is 0 Å². The average molecular weight is 250 g/mol. The quantitative estimate of drug-likeness (QED) is 0.732. The Morgan fingerprint density at radius 2 is 1.78 bits per heavy atom. The maximum atomic E-state index is 5.57. The predicted octanol–water partition coefficient (Wildman–Crippen LogP) is 0.987. The molecule has 0 aromatic heterocycles. The SMILES string of the molecule is c1ccc(OCCOCCN2CCNCC2)cc1. The molecule has 1 heterocycles. The van der Waals surface area contributed by atoms with Gasteiger partial charge >= 0.3 is 0 Å². The third kappa shape index (κ3) is 5.04. The fraction of sp³-hybridized carbons (Fsp3) is 0.571. The normalized spacial score (nSPS) is 16.7. The van der Waals surface area contributed by atoms with E-state index in [-0.39, 0.29) is 0 Å². The molecule has 1 saturated heterocycles. The van der Waals surface area contributed by atoms with Gasteiger partial charge in [-0.2, -0.15) is 0 Å². The zero-order chi connectivity index (χ0) is 12.5. The second kappa shape index (κ2) is 8.08. The van der Waals surface area contributed by atoms with Crippen molar-refractivity contribution in [1.29, 1.82) is 0 Å². The summed E-state index contributed by atoms with van der Waals surface area (Å²) in [6, 6.07) is 9.85. The van der Waals surface area contributed by atoms with E-state index in [1.54, 1.807) is 0 Å². The molecule has 0 unspecified atom stereocenters. The molecular weight excluding hydrogens is 228 g/mol. The lowest BCUT2D eigenvalue weighted by molar-refractivity contribution is 0.0767. The molecule has 1 aliphatic heterocycles. The highest BCUT2D eigenvalue weighted by atomic mass is 16.5. The molecule has 1 N–H and O–H groups in total. The van der Waals surface area contributed by atoms with Crippen LogP contribution >= 0.6 is 0 Å². The van der Waals surface area contributed by atoms with Gasteiger partial charge in [-0.25, -0.2) is 0 Å². The standard InChI is InChI=1S/C14H22N2O2/c1-2-4-14(5-3-1)18-13-12-17-11-10-16-8-6-15-7-9-16/h1-5,15H,6-13H2. The number of para-hydroxylation sites is 1. The van der Waals surface area contributed by atoms with Crippen LogP contribution in [0.15, 0.2) is 30.3 Å². The molecule has 1 aromatic carbocycles. The van der Waals surface area contributed by atoms with Gasteiger partial charge in [0.1, 0.15) is 12.4 Å². The van der Waals surface area contributed by atoms with Gasteiger partial charge in [0.15, 0.2) is 0 Å². The molecule has 2 rings (SSSR count). The smallest absolute Gasteiger partial charge is 0.119 e. The summed E-state index contributed by atoms with van der Waals surface area (Å²) in [4.78, 5) is 2.43. The first-order valence-corrected chi connectivity index (χ1v) is 6.64. The van der Waals surface area contributed by atoms with Crippen LogP contribution in [-0.2, 0) is 4.74 Å². The summed E-state index contributed by atoms with van der Waals surface area (Å²) in [6.07, 6.45) is 0. The van der Waals surface area contributed by atoms with Crippen molar-refractivity contribution in [2.75, 3.05) is 52.5 Å². The van der Waals surface area contributed by atoms with Gasteiger partial charge < -0.3 is 14.8 Å². The molecule has 0 aliphatic carbocycles. The lowest BCUT2D eigenvalue weighted by Gasteiger charge is -2.26. The number of piperazine rings is 1. The zero-order valence-corrected chi connectivity index (χ0v) is 10.8. The second-order valence-electron chi connectivity index (χ2n) is 4.37. The van der Waals surface area contributed by atoms with Gasteiger partial charge in [-0.15, -0.1) is 0 Å². The first-order chi connectivity index (χ1) is 8.95. The fourth-order valence-electron chi connectivity index (χ4n) is 1.97. The Balaban J connectivity index is 1.46. The van der Waals surface area contributed by atoms with E-state index in [1.807, 2.05) is 30.3 Å². The minimum atomic E-state index is 0.617. The van der Waals surface area contributed by atoms with Gasteiger partial charge in [-0.05, 0) is 12.1 Å². The van der Waals surface area contributed by atoms with Crippen molar-refractivity contribution in [2.24, 2.45) is 0 Å². The third-order valence-electron chi connectivity index (χ3n) is 3.00. The highest BCUT2D eigenvalue weighted by Gasteiger charge is 2.08. The molecule has 4 heteroatoms. The largest absolute Gasteiger partial charge is 0.491 e. The Labute approximate surface area is 109 Å². The number of hydrogen-bond acceptors (Lipinski definition) is 4. The lowest BCUT2D eigenvalue weighted by atomic mass is 10.3. The highest BCUT2D eigenvalue weighted by molar-refractivity contribution is 5.20. The summed E-state index contributed by atoms with van der Waals surface area (Å²) in [5.74, 6) is 0.906. The molecule has 0 atom stereocenters. The van der Waals surface area contributed by atoms with Crippen LogP contribution in [0, 0.1) is 0 Å². The summed E-state index contributed by atoms with van der Waals surface area (Å²) in [5, 5.41) is 3.34. The first kappa shape index (κ1) is 13.3. The molecule has 0 bridgehead atoms. The Morgan fingerprint density at radius 1 is 1.00 bits per heavy atom. The topological polar surface area (TPSA) is 33.7 Å². The van der Waals surface area contributed by atoms with Crippen LogP contribution < -0.4 is 10.1 Å². The van der Waals surface area contributed by atoms with Crippen LogP contribution in [0.4, 0.5) is 0 Å². The van der Waals surface area contributed by atoms with Gasteiger partial charge in [-0.1, -0.05) is 18.2 Å². The summed E-state index contributed by atoms with van der Waals surface area (Å²) in [6.45, 7) is 7.53. The number of hydrogen-bond donors (Lipinski definition) is 1. The van der Waals surface area contributed by atoms with Crippen molar-refractivity contribution in [3.63, 3.8) is 0 Å². The maximum absolute atomic E-state index is 5.57. The van der Waals surface area contributed by atoms with E-state index in [2.05, 4.69) is 10.2 Å². The van der Waals surface area contributed by atoms with Crippen molar-refractivity contribution in [3.8, 4) is 5.75 Å². The molecule has 0 spiro atoms. The Bertz CT molecular complexity index is 313. The van der Waals surface area contributed by atoms with Gasteiger partial charge in [0.05, 0.1) is 13.2 Å². The maximum Gasteiger partial charge on any atom is 0.119 e. The zero-order valence-electron chi connectivity index (χ0n) is 10.8. The molecule has 18 heavy (non-hydrogen) atoms. The molecule has 0 saturated carbocycles. The Hall–Kier alpha value is -1.10. The van der Waals surface area contributed by atoms with Crippen LogP contribution in [0.2, 0.25) is 0 Å². The average Bonchev–Trinajstić information content (AvgIpc) is 2.45. The van der Waals surface area contributed by atoms with E-state index >= 15 is 0 Å². The molecule has 1 fully saturated rings. The highest BCUT2D eigenvalue weighted by Crippen LogP contribution is 2.07. The van der Waals surface area contributed by atoms with Gasteiger partial charge in [-0.3, -0.25) is 4.90 Å². The first-order valence-electron chi connectivity index (χ1n) is 6.64. The number of benzene rings is 1. The van der Waals surface area contributed by atoms with E-state index in [4.69, 9.17) is 9.47 Å².